The Hall–Kier alpha value is -1.86. The minimum absolute atomic E-state index is 0.0390. The second-order valence-corrected chi connectivity index (χ2v) is 7.24. The standard InChI is InChI=1S/C18H29N3O4/c1-14-15(13-22)11-19-12-16(14)24-10-9-20-5-7-21(8-6-20)17(23)25-18(2,3)4/h11-12,22H,5-10,13H2,1-4H3. The molecular weight excluding hydrogens is 322 g/mol. The van der Waals surface area contributed by atoms with Gasteiger partial charge in [-0.2, -0.15) is 0 Å². The summed E-state index contributed by atoms with van der Waals surface area (Å²) in [5.74, 6) is 0.707. The van der Waals surface area contributed by atoms with Crippen LogP contribution in [0.2, 0.25) is 0 Å². The number of hydrogen-bond donors (Lipinski definition) is 1. The van der Waals surface area contributed by atoms with Gasteiger partial charge in [0.15, 0.2) is 0 Å². The minimum Gasteiger partial charge on any atom is -0.490 e. The summed E-state index contributed by atoms with van der Waals surface area (Å²) < 4.78 is 11.2. The van der Waals surface area contributed by atoms with Gasteiger partial charge in [0.1, 0.15) is 18.0 Å². The second-order valence-electron chi connectivity index (χ2n) is 7.24. The highest BCUT2D eigenvalue weighted by Gasteiger charge is 2.25. The van der Waals surface area contributed by atoms with E-state index in [1.807, 2.05) is 27.7 Å². The molecule has 7 nitrogen and oxygen atoms in total. The lowest BCUT2D eigenvalue weighted by atomic mass is 10.1. The monoisotopic (exact) mass is 351 g/mol. The van der Waals surface area contributed by atoms with Crippen LogP contribution in [0, 0.1) is 6.92 Å². The van der Waals surface area contributed by atoms with Gasteiger partial charge in [0.05, 0.1) is 12.8 Å². The van der Waals surface area contributed by atoms with Crippen LogP contribution in [0.15, 0.2) is 12.4 Å². The fourth-order valence-corrected chi connectivity index (χ4v) is 2.62. The Morgan fingerprint density at radius 3 is 2.52 bits per heavy atom. The lowest BCUT2D eigenvalue weighted by Crippen LogP contribution is -2.50. The lowest BCUT2D eigenvalue weighted by Gasteiger charge is -2.35. The molecule has 0 radical (unpaired) electrons. The molecule has 1 saturated heterocycles. The first-order valence-corrected chi connectivity index (χ1v) is 8.67. The quantitative estimate of drug-likeness (QED) is 0.872. The number of carbonyl (C=O) groups is 1. The summed E-state index contributed by atoms with van der Waals surface area (Å²) in [5.41, 5.74) is 1.24. The van der Waals surface area contributed by atoms with Crippen LogP contribution in [0.1, 0.15) is 31.9 Å². The first-order valence-electron chi connectivity index (χ1n) is 8.67. The molecule has 0 spiro atoms. The molecule has 1 aliphatic heterocycles. The van der Waals surface area contributed by atoms with E-state index < -0.39 is 5.60 Å². The molecule has 1 aromatic rings. The van der Waals surface area contributed by atoms with E-state index >= 15 is 0 Å². The summed E-state index contributed by atoms with van der Waals surface area (Å²) in [6, 6.07) is 0. The summed E-state index contributed by atoms with van der Waals surface area (Å²) in [7, 11) is 0. The number of aliphatic hydroxyl groups is 1. The molecule has 0 bridgehead atoms. The van der Waals surface area contributed by atoms with E-state index in [0.29, 0.717) is 25.4 Å². The van der Waals surface area contributed by atoms with Crippen molar-refractivity contribution in [2.24, 2.45) is 0 Å². The molecule has 0 unspecified atom stereocenters. The number of aliphatic hydroxyl groups excluding tert-OH is 1. The van der Waals surface area contributed by atoms with Crippen molar-refractivity contribution < 1.29 is 19.4 Å². The SMILES string of the molecule is Cc1c(CO)cncc1OCCN1CCN(C(=O)OC(C)(C)C)CC1. The summed E-state index contributed by atoms with van der Waals surface area (Å²) in [4.78, 5) is 20.1. The van der Waals surface area contributed by atoms with Crippen molar-refractivity contribution >= 4 is 6.09 Å². The first kappa shape index (κ1) is 19.5. The van der Waals surface area contributed by atoms with Gasteiger partial charge in [0.2, 0.25) is 0 Å². The Bertz CT molecular complexity index is 578. The zero-order valence-corrected chi connectivity index (χ0v) is 15.6. The van der Waals surface area contributed by atoms with Crippen LogP contribution in [-0.2, 0) is 11.3 Å². The van der Waals surface area contributed by atoms with Gasteiger partial charge in [-0.25, -0.2) is 4.79 Å². The molecule has 0 saturated carbocycles. The van der Waals surface area contributed by atoms with E-state index in [2.05, 4.69) is 9.88 Å². The number of ether oxygens (including phenoxy) is 2. The zero-order chi connectivity index (χ0) is 18.4. The number of aromatic nitrogens is 1. The third kappa shape index (κ3) is 5.86. The molecule has 0 aromatic carbocycles. The van der Waals surface area contributed by atoms with Crippen LogP contribution < -0.4 is 4.74 Å². The number of piperazine rings is 1. The zero-order valence-electron chi connectivity index (χ0n) is 15.6. The number of rotatable bonds is 5. The fourth-order valence-electron chi connectivity index (χ4n) is 2.62. The number of carbonyl (C=O) groups excluding carboxylic acids is 1. The van der Waals surface area contributed by atoms with Crippen LogP contribution >= 0.6 is 0 Å². The molecule has 1 fully saturated rings. The van der Waals surface area contributed by atoms with E-state index in [-0.39, 0.29) is 12.7 Å². The Kier molecular flexibility index (Phi) is 6.61. The normalized spacial score (nSPS) is 16.0. The maximum absolute atomic E-state index is 12.1. The van der Waals surface area contributed by atoms with Crippen molar-refractivity contribution in [2.75, 3.05) is 39.3 Å². The summed E-state index contributed by atoms with van der Waals surface area (Å²) in [6.07, 6.45) is 3.08. The summed E-state index contributed by atoms with van der Waals surface area (Å²) in [5, 5.41) is 9.27. The lowest BCUT2D eigenvalue weighted by molar-refractivity contribution is 0.0137. The molecule has 7 heteroatoms. The maximum Gasteiger partial charge on any atom is 0.410 e. The van der Waals surface area contributed by atoms with E-state index in [1.165, 1.54) is 0 Å². The van der Waals surface area contributed by atoms with Gasteiger partial charge in [-0.3, -0.25) is 9.88 Å². The smallest absolute Gasteiger partial charge is 0.410 e. The average Bonchev–Trinajstić information content (AvgIpc) is 2.55. The van der Waals surface area contributed by atoms with Crippen LogP contribution in [0.5, 0.6) is 5.75 Å². The van der Waals surface area contributed by atoms with Gasteiger partial charge >= 0.3 is 6.09 Å². The summed E-state index contributed by atoms with van der Waals surface area (Å²) >= 11 is 0. The first-order chi connectivity index (χ1) is 11.8. The Balaban J connectivity index is 1.73. The van der Waals surface area contributed by atoms with Crippen LogP contribution in [0.25, 0.3) is 0 Å². The predicted molar refractivity (Wildman–Crippen MR) is 94.6 cm³/mol. The topological polar surface area (TPSA) is 75.1 Å². The van der Waals surface area contributed by atoms with Crippen molar-refractivity contribution in [2.45, 2.75) is 39.9 Å². The van der Waals surface area contributed by atoms with E-state index in [4.69, 9.17) is 9.47 Å². The van der Waals surface area contributed by atoms with E-state index in [0.717, 1.165) is 30.8 Å². The van der Waals surface area contributed by atoms with Gasteiger partial charge in [-0.1, -0.05) is 0 Å². The number of pyridine rings is 1. The average molecular weight is 351 g/mol. The van der Waals surface area contributed by atoms with Crippen molar-refractivity contribution in [3.05, 3.63) is 23.5 Å². The van der Waals surface area contributed by atoms with Crippen LogP contribution in [0.3, 0.4) is 0 Å². The predicted octanol–water partition coefficient (Wildman–Crippen LogP) is 1.81. The molecule has 0 atom stereocenters. The van der Waals surface area contributed by atoms with Crippen molar-refractivity contribution in [1.29, 1.82) is 0 Å². The molecule has 0 aliphatic carbocycles. The third-order valence-electron chi connectivity index (χ3n) is 4.13. The molecular formula is C18H29N3O4. The molecule has 25 heavy (non-hydrogen) atoms. The molecule has 140 valence electrons. The van der Waals surface area contributed by atoms with Crippen molar-refractivity contribution in [3.8, 4) is 5.75 Å². The van der Waals surface area contributed by atoms with Gasteiger partial charge < -0.3 is 19.5 Å². The highest BCUT2D eigenvalue weighted by molar-refractivity contribution is 5.68. The molecule has 2 rings (SSSR count). The Morgan fingerprint density at radius 1 is 1.24 bits per heavy atom. The van der Waals surface area contributed by atoms with Gasteiger partial charge in [-0.15, -0.1) is 0 Å². The largest absolute Gasteiger partial charge is 0.490 e. The fraction of sp³-hybridized carbons (Fsp3) is 0.667. The molecule has 1 aliphatic rings. The highest BCUT2D eigenvalue weighted by Crippen LogP contribution is 2.19. The third-order valence-corrected chi connectivity index (χ3v) is 4.13. The van der Waals surface area contributed by atoms with E-state index in [9.17, 15) is 9.90 Å². The second kappa shape index (κ2) is 8.49. The van der Waals surface area contributed by atoms with Gasteiger partial charge in [0.25, 0.3) is 0 Å². The van der Waals surface area contributed by atoms with Crippen molar-refractivity contribution in [1.82, 2.24) is 14.8 Å². The number of nitrogens with zero attached hydrogens (tertiary/aromatic N) is 3. The molecule has 2 heterocycles. The minimum atomic E-state index is -0.461. The van der Waals surface area contributed by atoms with E-state index in [1.54, 1.807) is 17.3 Å². The molecule has 1 aromatic heterocycles. The Morgan fingerprint density at radius 2 is 1.92 bits per heavy atom. The van der Waals surface area contributed by atoms with Gasteiger partial charge in [0, 0.05) is 44.5 Å². The van der Waals surface area contributed by atoms with Gasteiger partial charge in [-0.05, 0) is 33.3 Å². The summed E-state index contributed by atoms with van der Waals surface area (Å²) in [6.45, 7) is 11.8. The molecule has 1 amide bonds. The molecule has 1 N–H and O–H groups in total. The van der Waals surface area contributed by atoms with Crippen LogP contribution in [0.4, 0.5) is 4.79 Å². The maximum atomic E-state index is 12.1. The van der Waals surface area contributed by atoms with Crippen LogP contribution in [-0.4, -0.2) is 70.9 Å². The Labute approximate surface area is 149 Å². The number of hydrogen-bond acceptors (Lipinski definition) is 6. The highest BCUT2D eigenvalue weighted by atomic mass is 16.6. The number of amides is 1. The van der Waals surface area contributed by atoms with Crippen molar-refractivity contribution in [3.63, 3.8) is 0 Å².